The number of allylic oxidation sites excluding steroid dienone is 4. The number of hydrogen-bond acceptors (Lipinski definition) is 3. The smallest absolute Gasteiger partial charge is 0.256 e. The van der Waals surface area contributed by atoms with Gasteiger partial charge in [-0.25, -0.2) is 0 Å². The van der Waals surface area contributed by atoms with Gasteiger partial charge in [0.05, 0.1) is 0 Å². The molecule has 4 heteroatoms. The fourth-order valence-electron chi connectivity index (χ4n) is 6.09. The van der Waals surface area contributed by atoms with Gasteiger partial charge in [-0.05, 0) is 103 Å². The Balaban J connectivity index is 1.24. The van der Waals surface area contributed by atoms with Crippen LogP contribution in [-0.2, 0) is 4.79 Å². The molecule has 1 fully saturated rings. The van der Waals surface area contributed by atoms with Crippen molar-refractivity contribution in [3.8, 4) is 11.1 Å². The second kappa shape index (κ2) is 12.5. The molecule has 1 amide bonds. The lowest BCUT2D eigenvalue weighted by atomic mass is 9.79. The van der Waals surface area contributed by atoms with Crippen molar-refractivity contribution >= 4 is 23.6 Å². The van der Waals surface area contributed by atoms with Crippen LogP contribution in [0.25, 0.3) is 11.1 Å². The summed E-state index contributed by atoms with van der Waals surface area (Å²) in [6, 6.07) is 22.6. The van der Waals surface area contributed by atoms with Crippen LogP contribution in [-0.4, -0.2) is 25.3 Å². The molecule has 1 atom stereocenters. The average Bonchev–Trinajstić information content (AvgIpc) is 2.99. The summed E-state index contributed by atoms with van der Waals surface area (Å²) in [7, 11) is 0. The Morgan fingerprint density at radius 1 is 0.950 bits per heavy atom. The van der Waals surface area contributed by atoms with Gasteiger partial charge in [0.25, 0.3) is 5.91 Å². The molecule has 2 aliphatic rings. The van der Waals surface area contributed by atoms with E-state index in [-0.39, 0.29) is 11.8 Å². The molecule has 3 aromatic rings. The van der Waals surface area contributed by atoms with E-state index in [0.29, 0.717) is 17.4 Å². The van der Waals surface area contributed by atoms with Crippen molar-refractivity contribution in [3.63, 3.8) is 0 Å². The van der Waals surface area contributed by atoms with Crippen LogP contribution in [0.1, 0.15) is 66.9 Å². The van der Waals surface area contributed by atoms with E-state index in [2.05, 4.69) is 91.7 Å². The predicted molar refractivity (Wildman–Crippen MR) is 166 cm³/mol. The van der Waals surface area contributed by atoms with Crippen molar-refractivity contribution in [1.82, 2.24) is 0 Å². The molecule has 1 unspecified atom stereocenters. The first-order chi connectivity index (χ1) is 19.4. The zero-order valence-corrected chi connectivity index (χ0v) is 23.9. The minimum Gasteiger partial charge on any atom is -0.372 e. The highest BCUT2D eigenvalue weighted by atomic mass is 16.1. The van der Waals surface area contributed by atoms with Crippen LogP contribution in [0.2, 0.25) is 0 Å². The predicted octanol–water partition coefficient (Wildman–Crippen LogP) is 8.35. The number of aryl methyl sites for hydroxylation is 1. The first-order valence-corrected chi connectivity index (χ1v) is 14.6. The van der Waals surface area contributed by atoms with E-state index in [1.54, 1.807) is 0 Å². The minimum absolute atomic E-state index is 0.0101. The van der Waals surface area contributed by atoms with Crippen LogP contribution < -0.4 is 10.2 Å². The van der Waals surface area contributed by atoms with Crippen molar-refractivity contribution in [1.29, 1.82) is 0 Å². The molecule has 0 spiro atoms. The monoisotopic (exact) mass is 532 g/mol. The first-order valence-electron chi connectivity index (χ1n) is 14.6. The lowest BCUT2D eigenvalue weighted by Gasteiger charge is -2.36. The third-order valence-corrected chi connectivity index (χ3v) is 8.48. The molecule has 1 saturated heterocycles. The van der Waals surface area contributed by atoms with Gasteiger partial charge in [-0.1, -0.05) is 68.5 Å². The lowest BCUT2D eigenvalue weighted by Crippen LogP contribution is -2.37. The van der Waals surface area contributed by atoms with Gasteiger partial charge in [0.1, 0.15) is 6.29 Å². The largest absolute Gasteiger partial charge is 0.372 e. The maximum Gasteiger partial charge on any atom is 0.256 e. The molecule has 0 saturated carbocycles. The standard InChI is InChI=1S/C36H40N2O2/c1-25(2)27-12-14-30(15-13-27)35-26(3)8-7-11-33(35)36(40)37-31-16-18-32(19-17-31)38-22-20-29(21-23-38)34(24-39)28-9-5-4-6-10-28/h5,7-19,24-25,29,34H,4,6,20-23H2,1-3H3,(H,37,40). The van der Waals surface area contributed by atoms with Gasteiger partial charge in [0, 0.05) is 35.9 Å². The Morgan fingerprint density at radius 3 is 2.30 bits per heavy atom. The summed E-state index contributed by atoms with van der Waals surface area (Å²) >= 11 is 0. The van der Waals surface area contributed by atoms with Crippen LogP contribution in [0.15, 0.2) is 90.5 Å². The van der Waals surface area contributed by atoms with Gasteiger partial charge in [0.15, 0.2) is 0 Å². The van der Waals surface area contributed by atoms with Gasteiger partial charge in [-0.3, -0.25) is 4.79 Å². The number of nitrogens with zero attached hydrogens (tertiary/aromatic N) is 1. The van der Waals surface area contributed by atoms with E-state index in [1.165, 1.54) is 11.1 Å². The normalized spacial score (nSPS) is 16.5. The van der Waals surface area contributed by atoms with Crippen LogP contribution in [0, 0.1) is 18.8 Å². The molecular weight excluding hydrogens is 492 g/mol. The molecule has 5 rings (SSSR count). The van der Waals surface area contributed by atoms with Gasteiger partial charge in [-0.15, -0.1) is 0 Å². The summed E-state index contributed by atoms with van der Waals surface area (Å²) in [6.07, 6.45) is 11.8. The molecule has 206 valence electrons. The molecule has 0 bridgehead atoms. The Bertz CT molecular complexity index is 1390. The summed E-state index contributed by atoms with van der Waals surface area (Å²) < 4.78 is 0. The van der Waals surface area contributed by atoms with E-state index in [1.807, 2.05) is 24.3 Å². The molecular formula is C36H40N2O2. The molecule has 1 N–H and O–H groups in total. The van der Waals surface area contributed by atoms with Crippen molar-refractivity contribution in [3.05, 3.63) is 107 Å². The molecule has 1 heterocycles. The molecule has 4 nitrogen and oxygen atoms in total. The molecule has 1 aliphatic heterocycles. The number of amides is 1. The molecule has 0 aromatic heterocycles. The number of nitrogens with one attached hydrogen (secondary N) is 1. The Morgan fingerprint density at radius 2 is 1.68 bits per heavy atom. The van der Waals surface area contributed by atoms with Crippen LogP contribution >= 0.6 is 0 Å². The maximum atomic E-state index is 13.4. The van der Waals surface area contributed by atoms with Crippen LogP contribution in [0.3, 0.4) is 0 Å². The lowest BCUT2D eigenvalue weighted by molar-refractivity contribution is -0.111. The maximum absolute atomic E-state index is 13.4. The number of rotatable bonds is 8. The number of piperidine rings is 1. The second-order valence-corrected chi connectivity index (χ2v) is 11.4. The van der Waals surface area contributed by atoms with E-state index in [9.17, 15) is 9.59 Å². The van der Waals surface area contributed by atoms with Gasteiger partial charge in [0.2, 0.25) is 0 Å². The summed E-state index contributed by atoms with van der Waals surface area (Å²) in [5.41, 5.74) is 8.20. The third kappa shape index (κ3) is 6.12. The Kier molecular flexibility index (Phi) is 8.64. The third-order valence-electron chi connectivity index (χ3n) is 8.48. The van der Waals surface area contributed by atoms with Crippen molar-refractivity contribution in [2.45, 2.75) is 52.4 Å². The highest BCUT2D eigenvalue weighted by molar-refractivity contribution is 6.09. The van der Waals surface area contributed by atoms with Crippen molar-refractivity contribution in [2.75, 3.05) is 23.3 Å². The topological polar surface area (TPSA) is 49.4 Å². The second-order valence-electron chi connectivity index (χ2n) is 11.4. The number of benzene rings is 3. The van der Waals surface area contributed by atoms with Gasteiger partial charge >= 0.3 is 0 Å². The zero-order valence-electron chi connectivity index (χ0n) is 23.9. The highest BCUT2D eigenvalue weighted by Crippen LogP contribution is 2.34. The number of carbonyl (C=O) groups is 2. The van der Waals surface area contributed by atoms with E-state index in [4.69, 9.17) is 0 Å². The van der Waals surface area contributed by atoms with Crippen molar-refractivity contribution < 1.29 is 9.59 Å². The Hall–Kier alpha value is -3.92. The highest BCUT2D eigenvalue weighted by Gasteiger charge is 2.28. The SMILES string of the molecule is Cc1cccc(C(=O)Nc2ccc(N3CCC(C(C=O)C4=CCCC=C4)CC3)cc2)c1-c1ccc(C(C)C)cc1. The summed E-state index contributed by atoms with van der Waals surface area (Å²) in [6.45, 7) is 8.29. The Labute approximate surface area is 238 Å². The fourth-order valence-corrected chi connectivity index (χ4v) is 6.09. The van der Waals surface area contributed by atoms with E-state index < -0.39 is 0 Å². The molecule has 1 aliphatic carbocycles. The summed E-state index contributed by atoms with van der Waals surface area (Å²) in [5.74, 6) is 0.765. The van der Waals surface area contributed by atoms with Gasteiger partial charge in [-0.2, -0.15) is 0 Å². The fraction of sp³-hybridized carbons (Fsp3) is 0.333. The number of aldehydes is 1. The van der Waals surface area contributed by atoms with Gasteiger partial charge < -0.3 is 15.0 Å². The number of carbonyl (C=O) groups excluding carboxylic acids is 2. The average molecular weight is 533 g/mol. The van der Waals surface area contributed by atoms with Crippen molar-refractivity contribution in [2.24, 2.45) is 11.8 Å². The number of anilines is 2. The van der Waals surface area contributed by atoms with E-state index >= 15 is 0 Å². The zero-order chi connectivity index (χ0) is 28.1. The molecule has 0 radical (unpaired) electrons. The minimum atomic E-state index is -0.105. The quantitative estimate of drug-likeness (QED) is 0.297. The van der Waals surface area contributed by atoms with Crippen LogP contribution in [0.4, 0.5) is 11.4 Å². The molecule has 3 aromatic carbocycles. The summed E-state index contributed by atoms with van der Waals surface area (Å²) in [5, 5.41) is 3.11. The molecule has 40 heavy (non-hydrogen) atoms. The van der Waals surface area contributed by atoms with Crippen LogP contribution in [0.5, 0.6) is 0 Å². The summed E-state index contributed by atoms with van der Waals surface area (Å²) in [4.78, 5) is 27.7. The van der Waals surface area contributed by atoms with E-state index in [0.717, 1.165) is 73.1 Å². The first kappa shape index (κ1) is 27.6. The number of hydrogen-bond donors (Lipinski definition) is 1.